The number of rotatable bonds is 3. The summed E-state index contributed by atoms with van der Waals surface area (Å²) >= 11 is 0. The number of hydrogen-bond acceptors (Lipinski definition) is 4. The van der Waals surface area contributed by atoms with Gasteiger partial charge in [-0.05, 0) is 30.3 Å². The zero-order valence-electron chi connectivity index (χ0n) is 10.3. The summed E-state index contributed by atoms with van der Waals surface area (Å²) in [6, 6.07) is 15.6. The molecule has 0 heterocycles. The first-order valence-corrected chi connectivity index (χ1v) is 5.60. The SMILES string of the molecule is COC(=O)c1cccc(Oc2ccccc2C#N)c1. The van der Waals surface area contributed by atoms with Gasteiger partial charge in [0.15, 0.2) is 0 Å². The predicted molar refractivity (Wildman–Crippen MR) is 69.0 cm³/mol. The monoisotopic (exact) mass is 253 g/mol. The average Bonchev–Trinajstić information content (AvgIpc) is 2.47. The van der Waals surface area contributed by atoms with Crippen LogP contribution < -0.4 is 4.74 Å². The molecule has 4 nitrogen and oxygen atoms in total. The van der Waals surface area contributed by atoms with Gasteiger partial charge in [0.25, 0.3) is 0 Å². The van der Waals surface area contributed by atoms with Crippen LogP contribution in [0.3, 0.4) is 0 Å². The molecule has 94 valence electrons. The highest BCUT2D eigenvalue weighted by atomic mass is 16.5. The number of benzene rings is 2. The minimum Gasteiger partial charge on any atom is -0.465 e. The van der Waals surface area contributed by atoms with Crippen LogP contribution >= 0.6 is 0 Å². The number of hydrogen-bond donors (Lipinski definition) is 0. The lowest BCUT2D eigenvalue weighted by molar-refractivity contribution is 0.0600. The molecule has 2 aromatic carbocycles. The largest absolute Gasteiger partial charge is 0.465 e. The Morgan fingerprint density at radius 3 is 2.68 bits per heavy atom. The number of esters is 1. The summed E-state index contributed by atoms with van der Waals surface area (Å²) in [5, 5.41) is 8.97. The van der Waals surface area contributed by atoms with Crippen LogP contribution in [0, 0.1) is 11.3 Å². The lowest BCUT2D eigenvalue weighted by Crippen LogP contribution is -2.00. The number of ether oxygens (including phenoxy) is 2. The van der Waals surface area contributed by atoms with Crippen molar-refractivity contribution in [2.45, 2.75) is 0 Å². The number of carbonyl (C=O) groups is 1. The Balaban J connectivity index is 2.29. The van der Waals surface area contributed by atoms with Gasteiger partial charge in [-0.15, -0.1) is 0 Å². The Hall–Kier alpha value is -2.80. The van der Waals surface area contributed by atoms with Crippen LogP contribution in [0.15, 0.2) is 48.5 Å². The maximum Gasteiger partial charge on any atom is 0.337 e. The molecular formula is C15H11NO3. The highest BCUT2D eigenvalue weighted by Crippen LogP contribution is 2.25. The Morgan fingerprint density at radius 2 is 1.95 bits per heavy atom. The predicted octanol–water partition coefficient (Wildman–Crippen LogP) is 3.14. The molecule has 0 amide bonds. The number of nitriles is 1. The van der Waals surface area contributed by atoms with E-state index in [9.17, 15) is 4.79 Å². The number of methoxy groups -OCH3 is 1. The molecule has 0 radical (unpaired) electrons. The third-order valence-electron chi connectivity index (χ3n) is 2.49. The fourth-order valence-corrected chi connectivity index (χ4v) is 1.58. The summed E-state index contributed by atoms with van der Waals surface area (Å²) in [7, 11) is 1.32. The number of para-hydroxylation sites is 1. The van der Waals surface area contributed by atoms with Crippen LogP contribution in [-0.2, 0) is 4.74 Å². The third-order valence-corrected chi connectivity index (χ3v) is 2.49. The van der Waals surface area contributed by atoms with Crippen molar-refractivity contribution in [1.82, 2.24) is 0 Å². The van der Waals surface area contributed by atoms with E-state index < -0.39 is 5.97 Å². The second-order valence-corrected chi connectivity index (χ2v) is 3.73. The molecule has 0 aliphatic carbocycles. The van der Waals surface area contributed by atoms with Gasteiger partial charge in [0, 0.05) is 0 Å². The molecule has 0 aliphatic rings. The van der Waals surface area contributed by atoms with Crippen LogP contribution in [0.5, 0.6) is 11.5 Å². The average molecular weight is 253 g/mol. The van der Waals surface area contributed by atoms with Gasteiger partial charge in [0.2, 0.25) is 0 Å². The minimum absolute atomic E-state index is 0.398. The molecule has 2 rings (SSSR count). The Kier molecular flexibility index (Phi) is 3.79. The molecule has 4 heteroatoms. The fraction of sp³-hybridized carbons (Fsp3) is 0.0667. The molecule has 0 fully saturated rings. The van der Waals surface area contributed by atoms with E-state index in [0.717, 1.165) is 0 Å². The van der Waals surface area contributed by atoms with Crippen molar-refractivity contribution in [3.63, 3.8) is 0 Å². The first-order chi connectivity index (χ1) is 9.24. The second-order valence-electron chi connectivity index (χ2n) is 3.73. The molecule has 0 saturated heterocycles. The van der Waals surface area contributed by atoms with E-state index in [-0.39, 0.29) is 0 Å². The van der Waals surface area contributed by atoms with Crippen molar-refractivity contribution in [2.24, 2.45) is 0 Å². The van der Waals surface area contributed by atoms with Crippen molar-refractivity contribution in [3.05, 3.63) is 59.7 Å². The minimum atomic E-state index is -0.431. The molecule has 0 aliphatic heterocycles. The van der Waals surface area contributed by atoms with Gasteiger partial charge >= 0.3 is 5.97 Å². The van der Waals surface area contributed by atoms with Crippen molar-refractivity contribution >= 4 is 5.97 Å². The lowest BCUT2D eigenvalue weighted by Gasteiger charge is -2.08. The Bertz CT molecular complexity index is 644. The van der Waals surface area contributed by atoms with Crippen LogP contribution in [0.4, 0.5) is 0 Å². The molecule has 19 heavy (non-hydrogen) atoms. The van der Waals surface area contributed by atoms with Crippen LogP contribution in [0.2, 0.25) is 0 Å². The molecule has 0 saturated carbocycles. The smallest absolute Gasteiger partial charge is 0.337 e. The van der Waals surface area contributed by atoms with E-state index in [1.54, 1.807) is 48.5 Å². The fourth-order valence-electron chi connectivity index (χ4n) is 1.58. The number of carbonyl (C=O) groups excluding carboxylic acids is 1. The number of nitrogens with zero attached hydrogens (tertiary/aromatic N) is 1. The Labute approximate surface area is 110 Å². The van der Waals surface area contributed by atoms with Gasteiger partial charge in [0.05, 0.1) is 18.2 Å². The molecule has 0 unspecified atom stereocenters. The summed E-state index contributed by atoms with van der Waals surface area (Å²) in [5.41, 5.74) is 0.834. The molecule has 0 atom stereocenters. The van der Waals surface area contributed by atoms with Gasteiger partial charge in [-0.1, -0.05) is 18.2 Å². The second kappa shape index (κ2) is 5.69. The van der Waals surface area contributed by atoms with Crippen LogP contribution in [-0.4, -0.2) is 13.1 Å². The third kappa shape index (κ3) is 2.90. The first kappa shape index (κ1) is 12.7. The van der Waals surface area contributed by atoms with E-state index >= 15 is 0 Å². The maximum atomic E-state index is 11.4. The quantitative estimate of drug-likeness (QED) is 0.788. The lowest BCUT2D eigenvalue weighted by atomic mass is 10.2. The summed E-state index contributed by atoms with van der Waals surface area (Å²) in [4.78, 5) is 11.4. The van der Waals surface area contributed by atoms with Gasteiger partial charge in [0.1, 0.15) is 17.6 Å². The van der Waals surface area contributed by atoms with Crippen molar-refractivity contribution in [3.8, 4) is 17.6 Å². The van der Waals surface area contributed by atoms with E-state index in [1.165, 1.54) is 7.11 Å². The molecule has 0 N–H and O–H groups in total. The zero-order chi connectivity index (χ0) is 13.7. The highest BCUT2D eigenvalue weighted by Gasteiger charge is 2.08. The summed E-state index contributed by atoms with van der Waals surface area (Å²) in [5.74, 6) is 0.497. The van der Waals surface area contributed by atoms with Gasteiger partial charge in [-0.2, -0.15) is 5.26 Å². The van der Waals surface area contributed by atoms with E-state index in [4.69, 9.17) is 10.00 Å². The van der Waals surface area contributed by atoms with Crippen LogP contribution in [0.1, 0.15) is 15.9 Å². The van der Waals surface area contributed by atoms with Gasteiger partial charge in [-0.25, -0.2) is 4.79 Å². The van der Waals surface area contributed by atoms with E-state index in [1.807, 2.05) is 6.07 Å². The molecule has 0 spiro atoms. The van der Waals surface area contributed by atoms with Crippen molar-refractivity contribution < 1.29 is 14.3 Å². The summed E-state index contributed by atoms with van der Waals surface area (Å²) < 4.78 is 10.2. The molecule has 0 bridgehead atoms. The van der Waals surface area contributed by atoms with Crippen molar-refractivity contribution in [2.75, 3.05) is 7.11 Å². The molecular weight excluding hydrogens is 242 g/mol. The molecule has 0 aromatic heterocycles. The first-order valence-electron chi connectivity index (χ1n) is 5.60. The van der Waals surface area contributed by atoms with E-state index in [0.29, 0.717) is 22.6 Å². The Morgan fingerprint density at radius 1 is 1.16 bits per heavy atom. The van der Waals surface area contributed by atoms with E-state index in [2.05, 4.69) is 4.74 Å². The van der Waals surface area contributed by atoms with Gasteiger partial charge in [-0.3, -0.25) is 0 Å². The topological polar surface area (TPSA) is 59.3 Å². The van der Waals surface area contributed by atoms with Crippen LogP contribution in [0.25, 0.3) is 0 Å². The molecule has 2 aromatic rings. The summed E-state index contributed by atoms with van der Waals surface area (Å²) in [6.45, 7) is 0. The standard InChI is InChI=1S/C15H11NO3/c1-18-15(17)11-6-4-7-13(9-11)19-14-8-3-2-5-12(14)10-16/h2-9H,1H3. The highest BCUT2D eigenvalue weighted by molar-refractivity contribution is 5.89. The summed E-state index contributed by atoms with van der Waals surface area (Å²) in [6.07, 6.45) is 0. The van der Waals surface area contributed by atoms with Crippen molar-refractivity contribution in [1.29, 1.82) is 5.26 Å². The van der Waals surface area contributed by atoms with Gasteiger partial charge < -0.3 is 9.47 Å². The zero-order valence-corrected chi connectivity index (χ0v) is 10.3. The maximum absolute atomic E-state index is 11.4. The normalized spacial score (nSPS) is 9.47.